The molecule has 2 aromatic rings. The summed E-state index contributed by atoms with van der Waals surface area (Å²) in [4.78, 5) is 11.1. The van der Waals surface area contributed by atoms with Crippen molar-refractivity contribution < 1.29 is 9.90 Å². The lowest BCUT2D eigenvalue weighted by atomic mass is 9.76. The third-order valence-corrected chi connectivity index (χ3v) is 5.12. The summed E-state index contributed by atoms with van der Waals surface area (Å²) in [6.45, 7) is 2.13. The van der Waals surface area contributed by atoms with E-state index in [1.807, 2.05) is 12.1 Å². The second-order valence-electron chi connectivity index (χ2n) is 6.44. The molecular weight excluding hydrogens is 286 g/mol. The van der Waals surface area contributed by atoms with E-state index in [-0.39, 0.29) is 6.04 Å². The van der Waals surface area contributed by atoms with Gasteiger partial charge in [-0.05, 0) is 48.1 Å². The SMILES string of the molecule is Cc1cccc2c1N[C@H](c1ccc(C(=O)O)cc1)[C@@H]1CC=C[C@H]21. The number of anilines is 1. The first kappa shape index (κ1) is 14.1. The highest BCUT2D eigenvalue weighted by molar-refractivity contribution is 5.87. The third-order valence-electron chi connectivity index (χ3n) is 5.12. The number of aryl methyl sites for hydroxylation is 1. The van der Waals surface area contributed by atoms with Crippen LogP contribution in [0.5, 0.6) is 0 Å². The number of carboxylic acid groups (broad SMARTS) is 1. The molecule has 1 aliphatic carbocycles. The molecule has 0 saturated heterocycles. The van der Waals surface area contributed by atoms with E-state index in [2.05, 4.69) is 42.6 Å². The molecule has 1 heterocycles. The summed E-state index contributed by atoms with van der Waals surface area (Å²) in [6.07, 6.45) is 5.64. The van der Waals surface area contributed by atoms with Gasteiger partial charge in [-0.2, -0.15) is 0 Å². The fourth-order valence-corrected chi connectivity index (χ4v) is 3.94. The average molecular weight is 305 g/mol. The number of fused-ring (bicyclic) bond motifs is 3. The first-order valence-corrected chi connectivity index (χ1v) is 8.01. The minimum atomic E-state index is -0.880. The van der Waals surface area contributed by atoms with Gasteiger partial charge >= 0.3 is 5.97 Å². The molecule has 0 aromatic heterocycles. The number of nitrogens with one attached hydrogen (secondary N) is 1. The van der Waals surface area contributed by atoms with E-state index in [4.69, 9.17) is 5.11 Å². The molecule has 3 atom stereocenters. The third kappa shape index (κ3) is 2.24. The molecule has 2 aromatic carbocycles. The average Bonchev–Trinajstić information content (AvgIpc) is 3.04. The predicted octanol–water partition coefficient (Wildman–Crippen LogP) is 4.52. The van der Waals surface area contributed by atoms with Crippen molar-refractivity contribution >= 4 is 11.7 Å². The quantitative estimate of drug-likeness (QED) is 0.802. The van der Waals surface area contributed by atoms with Crippen molar-refractivity contribution in [2.75, 3.05) is 5.32 Å². The number of carboxylic acids is 1. The zero-order valence-corrected chi connectivity index (χ0v) is 13.0. The summed E-state index contributed by atoms with van der Waals surface area (Å²) in [7, 11) is 0. The molecule has 116 valence electrons. The van der Waals surface area contributed by atoms with Crippen LogP contribution >= 0.6 is 0 Å². The molecule has 2 N–H and O–H groups in total. The van der Waals surface area contributed by atoms with E-state index >= 15 is 0 Å². The Bertz CT molecular complexity index is 792. The summed E-state index contributed by atoms with van der Waals surface area (Å²) in [6, 6.07) is 14.0. The first-order valence-electron chi connectivity index (χ1n) is 8.01. The van der Waals surface area contributed by atoms with Gasteiger partial charge in [0.15, 0.2) is 0 Å². The van der Waals surface area contributed by atoms with Gasteiger partial charge in [-0.1, -0.05) is 42.5 Å². The van der Waals surface area contributed by atoms with Crippen molar-refractivity contribution in [2.45, 2.75) is 25.3 Å². The Hall–Kier alpha value is -2.55. The lowest BCUT2D eigenvalue weighted by Crippen LogP contribution is -2.29. The Labute approximate surface area is 135 Å². The van der Waals surface area contributed by atoms with Gasteiger partial charge in [-0.15, -0.1) is 0 Å². The molecule has 1 aliphatic heterocycles. The Morgan fingerprint density at radius 3 is 2.70 bits per heavy atom. The minimum absolute atomic E-state index is 0.214. The van der Waals surface area contributed by atoms with Crippen molar-refractivity contribution in [3.05, 3.63) is 76.9 Å². The number of allylic oxidation sites excluding steroid dienone is 2. The van der Waals surface area contributed by atoms with Gasteiger partial charge in [0.1, 0.15) is 0 Å². The van der Waals surface area contributed by atoms with Crippen molar-refractivity contribution in [1.82, 2.24) is 0 Å². The highest BCUT2D eigenvalue weighted by atomic mass is 16.4. The van der Waals surface area contributed by atoms with Gasteiger partial charge in [0.25, 0.3) is 0 Å². The van der Waals surface area contributed by atoms with Gasteiger partial charge < -0.3 is 10.4 Å². The molecule has 0 bridgehead atoms. The second kappa shape index (κ2) is 5.27. The number of hydrogen-bond donors (Lipinski definition) is 2. The first-order chi connectivity index (χ1) is 11.1. The van der Waals surface area contributed by atoms with Gasteiger partial charge in [0, 0.05) is 11.6 Å². The van der Waals surface area contributed by atoms with E-state index in [0.717, 1.165) is 12.0 Å². The smallest absolute Gasteiger partial charge is 0.335 e. The van der Waals surface area contributed by atoms with Crippen LogP contribution in [0.4, 0.5) is 5.69 Å². The second-order valence-corrected chi connectivity index (χ2v) is 6.44. The van der Waals surface area contributed by atoms with Crippen LogP contribution in [0, 0.1) is 12.8 Å². The van der Waals surface area contributed by atoms with E-state index in [0.29, 0.717) is 17.4 Å². The Balaban J connectivity index is 1.75. The highest BCUT2D eigenvalue weighted by Crippen LogP contribution is 2.50. The van der Waals surface area contributed by atoms with Crippen molar-refractivity contribution in [1.29, 1.82) is 0 Å². The van der Waals surface area contributed by atoms with Crippen molar-refractivity contribution in [3.8, 4) is 0 Å². The number of rotatable bonds is 2. The normalized spacial score (nSPS) is 24.7. The number of aromatic carboxylic acids is 1. The monoisotopic (exact) mass is 305 g/mol. The molecule has 0 amide bonds. The maximum Gasteiger partial charge on any atom is 0.335 e. The molecule has 2 aliphatic rings. The molecule has 0 saturated carbocycles. The minimum Gasteiger partial charge on any atom is -0.478 e. The van der Waals surface area contributed by atoms with Crippen LogP contribution < -0.4 is 5.32 Å². The molecule has 23 heavy (non-hydrogen) atoms. The molecule has 4 rings (SSSR count). The van der Waals surface area contributed by atoms with Crippen LogP contribution in [0.3, 0.4) is 0 Å². The maximum absolute atomic E-state index is 11.1. The van der Waals surface area contributed by atoms with E-state index in [9.17, 15) is 4.79 Å². The van der Waals surface area contributed by atoms with Crippen LogP contribution in [0.2, 0.25) is 0 Å². The molecule has 0 fully saturated rings. The molecular formula is C20H19NO2. The number of benzene rings is 2. The van der Waals surface area contributed by atoms with Crippen LogP contribution in [0.15, 0.2) is 54.6 Å². The fraction of sp³-hybridized carbons (Fsp3) is 0.250. The maximum atomic E-state index is 11.1. The molecule has 0 unspecified atom stereocenters. The van der Waals surface area contributed by atoms with Gasteiger partial charge in [0.05, 0.1) is 11.6 Å². The molecule has 3 nitrogen and oxygen atoms in total. The summed E-state index contributed by atoms with van der Waals surface area (Å²) < 4.78 is 0. The van der Waals surface area contributed by atoms with Crippen LogP contribution in [0.25, 0.3) is 0 Å². The van der Waals surface area contributed by atoms with Gasteiger partial charge in [0.2, 0.25) is 0 Å². The summed E-state index contributed by atoms with van der Waals surface area (Å²) in [5, 5.41) is 12.8. The molecule has 3 heteroatoms. The van der Waals surface area contributed by atoms with Crippen molar-refractivity contribution in [2.24, 2.45) is 5.92 Å². The van der Waals surface area contributed by atoms with Crippen LogP contribution in [-0.2, 0) is 0 Å². The number of para-hydroxylation sites is 1. The Morgan fingerprint density at radius 2 is 1.96 bits per heavy atom. The van der Waals surface area contributed by atoms with E-state index < -0.39 is 5.97 Å². The van der Waals surface area contributed by atoms with E-state index in [1.54, 1.807) is 12.1 Å². The standard InChI is InChI=1S/C20H19NO2/c1-12-4-2-6-16-15-5-3-7-17(15)19(21-18(12)16)13-8-10-14(11-9-13)20(22)23/h2-6,8-11,15,17,19,21H,7H2,1H3,(H,22,23)/t15-,17-,19-/m1/s1. The van der Waals surface area contributed by atoms with Crippen LogP contribution in [-0.4, -0.2) is 11.1 Å². The van der Waals surface area contributed by atoms with Crippen molar-refractivity contribution in [3.63, 3.8) is 0 Å². The lowest BCUT2D eigenvalue weighted by Gasteiger charge is -2.38. The van der Waals surface area contributed by atoms with E-state index in [1.165, 1.54) is 16.8 Å². The predicted molar refractivity (Wildman–Crippen MR) is 90.9 cm³/mol. The summed E-state index contributed by atoms with van der Waals surface area (Å²) in [5.41, 5.74) is 5.35. The number of carbonyl (C=O) groups is 1. The largest absolute Gasteiger partial charge is 0.478 e. The number of hydrogen-bond acceptors (Lipinski definition) is 2. The lowest BCUT2D eigenvalue weighted by molar-refractivity contribution is 0.0697. The highest BCUT2D eigenvalue weighted by Gasteiger charge is 2.38. The van der Waals surface area contributed by atoms with Gasteiger partial charge in [-0.3, -0.25) is 0 Å². The summed E-state index contributed by atoms with van der Waals surface area (Å²) in [5.74, 6) is 0.0463. The Kier molecular flexibility index (Phi) is 3.22. The summed E-state index contributed by atoms with van der Waals surface area (Å²) >= 11 is 0. The molecule has 0 spiro atoms. The zero-order valence-electron chi connectivity index (χ0n) is 13.0. The fourth-order valence-electron chi connectivity index (χ4n) is 3.94. The van der Waals surface area contributed by atoms with Crippen LogP contribution in [0.1, 0.15) is 45.4 Å². The topological polar surface area (TPSA) is 49.3 Å². The molecule has 0 radical (unpaired) electrons. The zero-order chi connectivity index (χ0) is 16.0. The Morgan fingerprint density at radius 1 is 1.17 bits per heavy atom. The van der Waals surface area contributed by atoms with Gasteiger partial charge in [-0.25, -0.2) is 4.79 Å².